The smallest absolute Gasteiger partial charge is 0.0519 e. The highest BCUT2D eigenvalue weighted by atomic mass is 15.1. The number of aromatic nitrogens is 2. The third-order valence-electron chi connectivity index (χ3n) is 2.29. The molecular weight excluding hydrogens is 162 g/mol. The summed E-state index contributed by atoms with van der Waals surface area (Å²) < 4.78 is 0. The first-order valence-electron chi connectivity index (χ1n) is 4.98. The molecule has 0 aliphatic carbocycles. The maximum Gasteiger partial charge on any atom is 0.0519 e. The van der Waals surface area contributed by atoms with Gasteiger partial charge in [0.15, 0.2) is 0 Å². The highest BCUT2D eigenvalue weighted by Crippen LogP contribution is 1.97. The van der Waals surface area contributed by atoms with Gasteiger partial charge in [-0.15, -0.1) is 0 Å². The largest absolute Gasteiger partial charge is 0.317 e. The molecule has 0 atom stereocenters. The minimum atomic E-state index is 1.15. The van der Waals surface area contributed by atoms with E-state index in [2.05, 4.69) is 15.5 Å². The maximum absolute atomic E-state index is 3.80. The van der Waals surface area contributed by atoms with E-state index in [4.69, 9.17) is 0 Å². The molecule has 1 aromatic heterocycles. The van der Waals surface area contributed by atoms with Crippen molar-refractivity contribution in [1.82, 2.24) is 15.5 Å². The van der Waals surface area contributed by atoms with E-state index in [1.807, 2.05) is 20.0 Å². The van der Waals surface area contributed by atoms with Gasteiger partial charge in [0.2, 0.25) is 0 Å². The molecule has 1 aromatic rings. The van der Waals surface area contributed by atoms with Gasteiger partial charge in [0.25, 0.3) is 0 Å². The number of aromatic amines is 1. The number of nitrogens with one attached hydrogen (secondary N) is 2. The molecule has 0 bridgehead atoms. The molecule has 0 saturated carbocycles. The van der Waals surface area contributed by atoms with E-state index in [-0.39, 0.29) is 0 Å². The van der Waals surface area contributed by atoms with Crippen molar-refractivity contribution in [2.24, 2.45) is 0 Å². The SMILES string of the molecule is C1CCNCC1.Cc1cn[nH]c1C. The van der Waals surface area contributed by atoms with Crippen LogP contribution in [-0.2, 0) is 0 Å². The van der Waals surface area contributed by atoms with Gasteiger partial charge in [0.1, 0.15) is 0 Å². The predicted molar refractivity (Wildman–Crippen MR) is 54.8 cm³/mol. The van der Waals surface area contributed by atoms with Crippen molar-refractivity contribution in [2.45, 2.75) is 33.1 Å². The standard InChI is InChI=1S/C5H8N2.C5H11N/c1-4-3-6-7-5(4)2;1-2-4-6-5-3-1/h3H,1-2H3,(H,6,7);6H,1-5H2. The van der Waals surface area contributed by atoms with Gasteiger partial charge < -0.3 is 5.32 Å². The van der Waals surface area contributed by atoms with Crippen LogP contribution in [0.15, 0.2) is 6.20 Å². The quantitative estimate of drug-likeness (QED) is 0.640. The van der Waals surface area contributed by atoms with Gasteiger partial charge in [-0.1, -0.05) is 6.42 Å². The summed E-state index contributed by atoms with van der Waals surface area (Å²) in [4.78, 5) is 0. The van der Waals surface area contributed by atoms with E-state index in [1.165, 1.54) is 37.9 Å². The van der Waals surface area contributed by atoms with Crippen LogP contribution in [0.4, 0.5) is 0 Å². The summed E-state index contributed by atoms with van der Waals surface area (Å²) in [6.07, 6.45) is 6.03. The van der Waals surface area contributed by atoms with Crippen molar-refractivity contribution in [3.8, 4) is 0 Å². The Morgan fingerprint density at radius 2 is 1.85 bits per heavy atom. The lowest BCUT2D eigenvalue weighted by Crippen LogP contribution is -2.21. The lowest BCUT2D eigenvalue weighted by Gasteiger charge is -2.08. The molecule has 3 nitrogen and oxygen atoms in total. The van der Waals surface area contributed by atoms with Crippen LogP contribution in [0.2, 0.25) is 0 Å². The Hall–Kier alpha value is -0.830. The summed E-state index contributed by atoms with van der Waals surface area (Å²) in [6.45, 7) is 6.53. The number of hydrogen-bond acceptors (Lipinski definition) is 2. The Bertz CT molecular complexity index is 198. The monoisotopic (exact) mass is 181 g/mol. The molecule has 13 heavy (non-hydrogen) atoms. The average molecular weight is 181 g/mol. The van der Waals surface area contributed by atoms with E-state index in [0.29, 0.717) is 0 Å². The molecule has 3 heteroatoms. The molecule has 0 aromatic carbocycles. The summed E-state index contributed by atoms with van der Waals surface area (Å²) >= 11 is 0. The molecule has 1 fully saturated rings. The first-order valence-corrected chi connectivity index (χ1v) is 4.98. The molecule has 0 amide bonds. The van der Waals surface area contributed by atoms with Gasteiger partial charge in [-0.05, 0) is 45.3 Å². The fraction of sp³-hybridized carbons (Fsp3) is 0.700. The van der Waals surface area contributed by atoms with Gasteiger partial charge in [-0.3, -0.25) is 5.10 Å². The average Bonchev–Trinajstić information content (AvgIpc) is 2.55. The van der Waals surface area contributed by atoms with Crippen LogP contribution in [0.5, 0.6) is 0 Å². The minimum Gasteiger partial charge on any atom is -0.317 e. The second kappa shape index (κ2) is 5.75. The second-order valence-electron chi connectivity index (χ2n) is 3.49. The van der Waals surface area contributed by atoms with Crippen LogP contribution in [-0.4, -0.2) is 23.3 Å². The Kier molecular flexibility index (Phi) is 4.54. The molecule has 2 N–H and O–H groups in total. The summed E-state index contributed by atoms with van der Waals surface area (Å²) in [5.74, 6) is 0. The highest BCUT2D eigenvalue weighted by Gasteiger charge is 1.93. The first kappa shape index (κ1) is 10.3. The first-order chi connectivity index (χ1) is 6.30. The van der Waals surface area contributed by atoms with Crippen molar-refractivity contribution in [1.29, 1.82) is 0 Å². The number of aryl methyl sites for hydroxylation is 2. The molecule has 1 aliphatic heterocycles. The van der Waals surface area contributed by atoms with E-state index in [1.54, 1.807) is 0 Å². The van der Waals surface area contributed by atoms with Gasteiger partial charge in [-0.25, -0.2) is 0 Å². The zero-order valence-corrected chi connectivity index (χ0v) is 8.56. The van der Waals surface area contributed by atoms with Crippen LogP contribution in [0, 0.1) is 13.8 Å². The van der Waals surface area contributed by atoms with Gasteiger partial charge in [0.05, 0.1) is 6.20 Å². The number of nitrogens with zero attached hydrogens (tertiary/aromatic N) is 1. The summed E-state index contributed by atoms with van der Waals surface area (Å²) in [7, 11) is 0. The number of piperidine rings is 1. The lowest BCUT2D eigenvalue weighted by molar-refractivity contribution is 0.520. The molecular formula is C10H19N3. The Balaban J connectivity index is 0.000000132. The number of hydrogen-bond donors (Lipinski definition) is 2. The normalized spacial score (nSPS) is 16.2. The van der Waals surface area contributed by atoms with Crippen LogP contribution < -0.4 is 5.32 Å². The number of H-pyrrole nitrogens is 1. The van der Waals surface area contributed by atoms with Crippen LogP contribution in [0.3, 0.4) is 0 Å². The summed E-state index contributed by atoms with van der Waals surface area (Å²) in [6, 6.07) is 0. The van der Waals surface area contributed by atoms with E-state index in [0.717, 1.165) is 5.69 Å². The summed E-state index contributed by atoms with van der Waals surface area (Å²) in [5, 5.41) is 9.90. The number of rotatable bonds is 0. The summed E-state index contributed by atoms with van der Waals surface area (Å²) in [5.41, 5.74) is 2.38. The van der Waals surface area contributed by atoms with E-state index in [9.17, 15) is 0 Å². The third-order valence-corrected chi connectivity index (χ3v) is 2.29. The van der Waals surface area contributed by atoms with Gasteiger partial charge in [-0.2, -0.15) is 5.10 Å². The molecule has 0 unspecified atom stereocenters. The Labute approximate surface area is 79.9 Å². The van der Waals surface area contributed by atoms with Crippen molar-refractivity contribution < 1.29 is 0 Å². The fourth-order valence-electron chi connectivity index (χ4n) is 1.21. The minimum absolute atomic E-state index is 1.15. The van der Waals surface area contributed by atoms with Crippen molar-refractivity contribution in [3.05, 3.63) is 17.5 Å². The predicted octanol–water partition coefficient (Wildman–Crippen LogP) is 1.79. The molecule has 0 radical (unpaired) electrons. The fourth-order valence-corrected chi connectivity index (χ4v) is 1.21. The molecule has 0 spiro atoms. The van der Waals surface area contributed by atoms with Crippen LogP contribution >= 0.6 is 0 Å². The third kappa shape index (κ3) is 4.08. The van der Waals surface area contributed by atoms with Crippen LogP contribution in [0.25, 0.3) is 0 Å². The molecule has 2 rings (SSSR count). The zero-order valence-electron chi connectivity index (χ0n) is 8.56. The Morgan fingerprint density at radius 3 is 2.00 bits per heavy atom. The van der Waals surface area contributed by atoms with Gasteiger partial charge >= 0.3 is 0 Å². The molecule has 2 heterocycles. The van der Waals surface area contributed by atoms with Crippen molar-refractivity contribution >= 4 is 0 Å². The second-order valence-corrected chi connectivity index (χ2v) is 3.49. The Morgan fingerprint density at radius 1 is 1.15 bits per heavy atom. The molecule has 1 saturated heterocycles. The zero-order chi connectivity index (χ0) is 9.52. The molecule has 1 aliphatic rings. The van der Waals surface area contributed by atoms with Crippen molar-refractivity contribution in [3.63, 3.8) is 0 Å². The topological polar surface area (TPSA) is 40.7 Å². The lowest BCUT2D eigenvalue weighted by atomic mass is 10.2. The van der Waals surface area contributed by atoms with Crippen LogP contribution in [0.1, 0.15) is 30.5 Å². The van der Waals surface area contributed by atoms with Crippen molar-refractivity contribution in [2.75, 3.05) is 13.1 Å². The van der Waals surface area contributed by atoms with Gasteiger partial charge in [0, 0.05) is 5.69 Å². The van der Waals surface area contributed by atoms with E-state index < -0.39 is 0 Å². The van der Waals surface area contributed by atoms with E-state index >= 15 is 0 Å². The molecule has 74 valence electrons. The maximum atomic E-state index is 3.80. The highest BCUT2D eigenvalue weighted by molar-refractivity contribution is 5.10.